The number of benzene rings is 2. The Hall–Kier alpha value is -2.73. The molecule has 1 aliphatic heterocycles. The van der Waals surface area contributed by atoms with Crippen LogP contribution in [0.3, 0.4) is 0 Å². The van der Waals surface area contributed by atoms with Gasteiger partial charge in [0, 0.05) is 29.6 Å². The third-order valence-electron chi connectivity index (χ3n) is 4.93. The Balaban J connectivity index is 1.71. The van der Waals surface area contributed by atoms with E-state index in [4.69, 9.17) is 5.10 Å². The predicted molar refractivity (Wildman–Crippen MR) is 113 cm³/mol. The van der Waals surface area contributed by atoms with E-state index >= 15 is 0 Å². The lowest BCUT2D eigenvalue weighted by Crippen LogP contribution is -2.30. The summed E-state index contributed by atoms with van der Waals surface area (Å²) in [6, 6.07) is 14.2. The maximum absolute atomic E-state index is 12.9. The zero-order valence-electron chi connectivity index (χ0n) is 16.2. The minimum absolute atomic E-state index is 0.0278. The first-order chi connectivity index (χ1) is 13.6. The quantitative estimate of drug-likeness (QED) is 0.607. The van der Waals surface area contributed by atoms with Crippen LogP contribution in [0.2, 0.25) is 0 Å². The molecule has 0 radical (unpaired) electrons. The Morgan fingerprint density at radius 3 is 2.46 bits per heavy atom. The van der Waals surface area contributed by atoms with Crippen LogP contribution in [0.5, 0.6) is 0 Å². The number of amides is 1. The largest absolute Gasteiger partial charge is 0.273 e. The van der Waals surface area contributed by atoms with Crippen molar-refractivity contribution in [3.63, 3.8) is 0 Å². The van der Waals surface area contributed by atoms with E-state index in [1.54, 1.807) is 29.2 Å². The van der Waals surface area contributed by atoms with E-state index in [0.29, 0.717) is 6.42 Å². The number of hydrazone groups is 1. The SMILES string of the molecule is CSc1ccc(C2=NN(C(=O)C(C)C)[C@@H](c3ccc4nccnc4c3)C2)cc1. The second-order valence-electron chi connectivity index (χ2n) is 7.14. The lowest BCUT2D eigenvalue weighted by molar-refractivity contribution is -0.136. The molecule has 0 spiro atoms. The van der Waals surface area contributed by atoms with Crippen molar-refractivity contribution in [2.24, 2.45) is 11.0 Å². The zero-order valence-corrected chi connectivity index (χ0v) is 17.0. The van der Waals surface area contributed by atoms with Gasteiger partial charge in [0.1, 0.15) is 0 Å². The van der Waals surface area contributed by atoms with Crippen LogP contribution in [-0.4, -0.2) is 32.9 Å². The summed E-state index contributed by atoms with van der Waals surface area (Å²) < 4.78 is 0. The fraction of sp³-hybridized carbons (Fsp3) is 0.273. The van der Waals surface area contributed by atoms with E-state index in [0.717, 1.165) is 27.9 Å². The molecule has 0 bridgehead atoms. The highest BCUT2D eigenvalue weighted by molar-refractivity contribution is 7.98. The Morgan fingerprint density at radius 1 is 1.07 bits per heavy atom. The van der Waals surface area contributed by atoms with Crippen LogP contribution in [0.4, 0.5) is 0 Å². The Bertz CT molecular complexity index is 1050. The second-order valence-corrected chi connectivity index (χ2v) is 8.02. The van der Waals surface area contributed by atoms with Gasteiger partial charge < -0.3 is 0 Å². The summed E-state index contributed by atoms with van der Waals surface area (Å²) in [6.45, 7) is 3.82. The highest BCUT2D eigenvalue weighted by atomic mass is 32.2. The summed E-state index contributed by atoms with van der Waals surface area (Å²) in [6.07, 6.45) is 6.12. The van der Waals surface area contributed by atoms with Crippen molar-refractivity contribution in [1.82, 2.24) is 15.0 Å². The fourth-order valence-electron chi connectivity index (χ4n) is 3.38. The lowest BCUT2D eigenvalue weighted by Gasteiger charge is -2.23. The number of rotatable bonds is 4. The van der Waals surface area contributed by atoms with Gasteiger partial charge in [-0.3, -0.25) is 14.8 Å². The number of fused-ring (bicyclic) bond motifs is 1. The van der Waals surface area contributed by atoms with Crippen molar-refractivity contribution in [2.45, 2.75) is 31.2 Å². The average molecular weight is 391 g/mol. The highest BCUT2D eigenvalue weighted by Gasteiger charge is 2.34. The third-order valence-corrected chi connectivity index (χ3v) is 5.68. The van der Waals surface area contributed by atoms with Gasteiger partial charge in [0.25, 0.3) is 0 Å². The van der Waals surface area contributed by atoms with E-state index in [1.807, 2.05) is 32.0 Å². The van der Waals surface area contributed by atoms with Gasteiger partial charge in [0.15, 0.2) is 0 Å². The molecule has 142 valence electrons. The van der Waals surface area contributed by atoms with Gasteiger partial charge >= 0.3 is 0 Å². The summed E-state index contributed by atoms with van der Waals surface area (Å²) in [7, 11) is 0. The molecule has 1 amide bonds. The summed E-state index contributed by atoms with van der Waals surface area (Å²) in [5, 5.41) is 6.38. The van der Waals surface area contributed by atoms with Crippen molar-refractivity contribution < 1.29 is 4.79 Å². The monoisotopic (exact) mass is 390 g/mol. The van der Waals surface area contributed by atoms with Crippen LogP contribution >= 0.6 is 11.8 Å². The van der Waals surface area contributed by atoms with Crippen molar-refractivity contribution in [3.8, 4) is 0 Å². The van der Waals surface area contributed by atoms with Crippen LogP contribution in [-0.2, 0) is 4.79 Å². The molecule has 0 unspecified atom stereocenters. The molecule has 0 aliphatic carbocycles. The number of nitrogens with zero attached hydrogens (tertiary/aromatic N) is 4. The van der Waals surface area contributed by atoms with Crippen LogP contribution < -0.4 is 0 Å². The van der Waals surface area contributed by atoms with E-state index < -0.39 is 0 Å². The van der Waals surface area contributed by atoms with Gasteiger partial charge in [-0.15, -0.1) is 11.8 Å². The minimum Gasteiger partial charge on any atom is -0.273 e. The van der Waals surface area contributed by atoms with E-state index in [2.05, 4.69) is 40.5 Å². The first-order valence-corrected chi connectivity index (χ1v) is 10.5. The second kappa shape index (κ2) is 7.72. The summed E-state index contributed by atoms with van der Waals surface area (Å²) in [4.78, 5) is 22.8. The molecular weight excluding hydrogens is 368 g/mol. The molecule has 0 N–H and O–H groups in total. The molecule has 0 saturated heterocycles. The summed E-state index contributed by atoms with van der Waals surface area (Å²) in [5.41, 5.74) is 4.70. The molecule has 3 aromatic rings. The topological polar surface area (TPSA) is 58.5 Å². The fourth-order valence-corrected chi connectivity index (χ4v) is 3.79. The lowest BCUT2D eigenvalue weighted by atomic mass is 9.97. The number of carbonyl (C=O) groups is 1. The van der Waals surface area contributed by atoms with Crippen molar-refractivity contribution in [1.29, 1.82) is 0 Å². The number of carbonyl (C=O) groups excluding carboxylic acids is 1. The third kappa shape index (κ3) is 3.52. The molecule has 6 heteroatoms. The first kappa shape index (κ1) is 18.6. The number of hydrogen-bond donors (Lipinski definition) is 0. The molecule has 5 nitrogen and oxygen atoms in total. The van der Waals surface area contributed by atoms with Gasteiger partial charge in [0.05, 0.1) is 22.8 Å². The number of hydrogen-bond acceptors (Lipinski definition) is 5. The maximum Gasteiger partial charge on any atom is 0.245 e. The van der Waals surface area contributed by atoms with Crippen LogP contribution in [0.15, 0.2) is 64.9 Å². The van der Waals surface area contributed by atoms with Gasteiger partial charge in [-0.2, -0.15) is 5.10 Å². The standard InChI is InChI=1S/C22H22N4OS/c1-14(2)22(27)26-21(16-6-9-18-20(12-16)24-11-10-23-18)13-19(25-26)15-4-7-17(28-3)8-5-15/h4-12,14,21H,13H2,1-3H3/t21-/m1/s1. The van der Waals surface area contributed by atoms with E-state index in [1.165, 1.54) is 4.90 Å². The van der Waals surface area contributed by atoms with E-state index in [-0.39, 0.29) is 17.9 Å². The number of thioether (sulfide) groups is 1. The molecule has 2 heterocycles. The molecule has 4 rings (SSSR count). The Morgan fingerprint density at radius 2 is 1.79 bits per heavy atom. The van der Waals surface area contributed by atoms with Crippen molar-refractivity contribution in [3.05, 3.63) is 66.0 Å². The number of aromatic nitrogens is 2. The first-order valence-electron chi connectivity index (χ1n) is 9.32. The van der Waals surface area contributed by atoms with Crippen LogP contribution in [0, 0.1) is 5.92 Å². The zero-order chi connectivity index (χ0) is 19.7. The van der Waals surface area contributed by atoms with Crippen molar-refractivity contribution >= 4 is 34.4 Å². The smallest absolute Gasteiger partial charge is 0.245 e. The maximum atomic E-state index is 12.9. The van der Waals surface area contributed by atoms with Crippen LogP contribution in [0.25, 0.3) is 11.0 Å². The Labute approximate surface area is 168 Å². The molecule has 1 aromatic heterocycles. The normalized spacial score (nSPS) is 16.6. The molecule has 1 atom stereocenters. The van der Waals surface area contributed by atoms with Gasteiger partial charge in [0.2, 0.25) is 5.91 Å². The molecule has 1 aliphatic rings. The molecule has 28 heavy (non-hydrogen) atoms. The highest BCUT2D eigenvalue weighted by Crippen LogP contribution is 2.35. The molecular formula is C22H22N4OS. The van der Waals surface area contributed by atoms with Crippen molar-refractivity contribution in [2.75, 3.05) is 6.26 Å². The summed E-state index contributed by atoms with van der Waals surface area (Å²) in [5.74, 6) is -0.0929. The van der Waals surface area contributed by atoms with Gasteiger partial charge in [-0.25, -0.2) is 5.01 Å². The average Bonchev–Trinajstić information content (AvgIpc) is 3.18. The predicted octanol–water partition coefficient (Wildman–Crippen LogP) is 4.69. The minimum atomic E-state index is -0.128. The van der Waals surface area contributed by atoms with Gasteiger partial charge in [-0.05, 0) is 41.6 Å². The molecule has 0 fully saturated rings. The molecule has 0 saturated carbocycles. The summed E-state index contributed by atoms with van der Waals surface area (Å²) >= 11 is 1.71. The molecule has 2 aromatic carbocycles. The Kier molecular flexibility index (Phi) is 5.13. The van der Waals surface area contributed by atoms with Crippen LogP contribution in [0.1, 0.15) is 37.4 Å². The van der Waals surface area contributed by atoms with E-state index in [9.17, 15) is 4.79 Å². The van der Waals surface area contributed by atoms with Gasteiger partial charge in [-0.1, -0.05) is 32.0 Å².